The monoisotopic (exact) mass is 595 g/mol. The van der Waals surface area contributed by atoms with Crippen LogP contribution in [-0.4, -0.2) is 25.5 Å². The lowest BCUT2D eigenvalue weighted by atomic mass is 10.1. The SMILES string of the molecule is COc1cc(/C=C(\C#N)C(=O)NCc2ccccc2)cc(I)c1OCC(=O)Nc1cc(C)ccc1C. The molecule has 3 rings (SSSR count). The quantitative estimate of drug-likeness (QED) is 0.202. The van der Waals surface area contributed by atoms with Crippen molar-refractivity contribution in [2.45, 2.75) is 20.4 Å². The summed E-state index contributed by atoms with van der Waals surface area (Å²) >= 11 is 2.07. The molecule has 8 heteroatoms. The van der Waals surface area contributed by atoms with Crippen molar-refractivity contribution >= 4 is 46.2 Å². The number of rotatable bonds is 9. The Morgan fingerprint density at radius 2 is 1.83 bits per heavy atom. The second-order valence-electron chi connectivity index (χ2n) is 8.03. The Kier molecular flexibility index (Phi) is 9.47. The van der Waals surface area contributed by atoms with Gasteiger partial charge in [-0.25, -0.2) is 0 Å². The lowest BCUT2D eigenvalue weighted by molar-refractivity contribution is -0.118. The van der Waals surface area contributed by atoms with Crippen molar-refractivity contribution in [2.75, 3.05) is 19.0 Å². The average Bonchev–Trinajstić information content (AvgIpc) is 2.87. The zero-order valence-electron chi connectivity index (χ0n) is 20.2. The van der Waals surface area contributed by atoms with Gasteiger partial charge in [0.1, 0.15) is 11.6 Å². The molecule has 0 spiro atoms. The molecule has 7 nitrogen and oxygen atoms in total. The molecule has 0 saturated heterocycles. The second-order valence-corrected chi connectivity index (χ2v) is 9.19. The van der Waals surface area contributed by atoms with Crippen LogP contribution in [-0.2, 0) is 16.1 Å². The Hall–Kier alpha value is -3.84. The third-order valence-electron chi connectivity index (χ3n) is 5.24. The van der Waals surface area contributed by atoms with E-state index in [1.807, 2.05) is 68.4 Å². The fourth-order valence-electron chi connectivity index (χ4n) is 3.35. The van der Waals surface area contributed by atoms with Crippen LogP contribution in [0.15, 0.2) is 66.2 Å². The summed E-state index contributed by atoms with van der Waals surface area (Å²) in [6.07, 6.45) is 1.49. The third-order valence-corrected chi connectivity index (χ3v) is 6.04. The molecule has 0 bridgehead atoms. The Morgan fingerprint density at radius 3 is 2.53 bits per heavy atom. The van der Waals surface area contributed by atoms with Gasteiger partial charge in [0.2, 0.25) is 0 Å². The van der Waals surface area contributed by atoms with E-state index in [9.17, 15) is 14.9 Å². The highest BCUT2D eigenvalue weighted by Gasteiger charge is 2.15. The number of nitrogens with zero attached hydrogens (tertiary/aromatic N) is 1. The lowest BCUT2D eigenvalue weighted by Crippen LogP contribution is -2.23. The van der Waals surface area contributed by atoms with E-state index < -0.39 is 5.91 Å². The third kappa shape index (κ3) is 7.33. The summed E-state index contributed by atoms with van der Waals surface area (Å²) in [5.41, 5.74) is 4.23. The number of benzene rings is 3. The van der Waals surface area contributed by atoms with E-state index in [1.165, 1.54) is 13.2 Å². The van der Waals surface area contributed by atoms with Crippen LogP contribution in [0.3, 0.4) is 0 Å². The van der Waals surface area contributed by atoms with Gasteiger partial charge in [0.15, 0.2) is 18.1 Å². The van der Waals surface area contributed by atoms with Crippen LogP contribution >= 0.6 is 22.6 Å². The van der Waals surface area contributed by atoms with Crippen LogP contribution in [0.4, 0.5) is 5.69 Å². The summed E-state index contributed by atoms with van der Waals surface area (Å²) in [6.45, 7) is 3.99. The van der Waals surface area contributed by atoms with Crippen LogP contribution in [0.2, 0.25) is 0 Å². The van der Waals surface area contributed by atoms with E-state index in [0.717, 1.165) is 22.4 Å². The molecule has 36 heavy (non-hydrogen) atoms. The predicted octanol–water partition coefficient (Wildman–Crippen LogP) is 5.16. The number of nitrogens with one attached hydrogen (secondary N) is 2. The lowest BCUT2D eigenvalue weighted by Gasteiger charge is -2.14. The minimum absolute atomic E-state index is 0.0367. The Labute approximate surface area is 224 Å². The molecule has 3 aromatic carbocycles. The predicted molar refractivity (Wildman–Crippen MR) is 148 cm³/mol. The van der Waals surface area contributed by atoms with Gasteiger partial charge in [0.25, 0.3) is 11.8 Å². The van der Waals surface area contributed by atoms with Crippen molar-refractivity contribution in [3.05, 3.63) is 92.1 Å². The number of aryl methyl sites for hydroxylation is 2. The average molecular weight is 595 g/mol. The molecule has 3 aromatic rings. The minimum atomic E-state index is -0.473. The minimum Gasteiger partial charge on any atom is -0.493 e. The summed E-state index contributed by atoms with van der Waals surface area (Å²) in [5.74, 6) is 0.0132. The molecule has 0 saturated carbocycles. The molecule has 0 aromatic heterocycles. The zero-order chi connectivity index (χ0) is 26.1. The van der Waals surface area contributed by atoms with Gasteiger partial charge in [-0.15, -0.1) is 0 Å². The summed E-state index contributed by atoms with van der Waals surface area (Å²) < 4.78 is 11.9. The van der Waals surface area contributed by atoms with Crippen molar-refractivity contribution in [1.82, 2.24) is 5.32 Å². The van der Waals surface area contributed by atoms with Gasteiger partial charge < -0.3 is 20.1 Å². The highest BCUT2D eigenvalue weighted by Crippen LogP contribution is 2.34. The molecule has 0 aliphatic rings. The molecule has 2 N–H and O–H groups in total. The smallest absolute Gasteiger partial charge is 0.262 e. The van der Waals surface area contributed by atoms with Gasteiger partial charge in [0, 0.05) is 12.2 Å². The van der Waals surface area contributed by atoms with Crippen LogP contribution in [0, 0.1) is 28.7 Å². The second kappa shape index (κ2) is 12.7. The number of carbonyl (C=O) groups is 2. The highest BCUT2D eigenvalue weighted by molar-refractivity contribution is 14.1. The molecule has 184 valence electrons. The summed E-state index contributed by atoms with van der Waals surface area (Å²) in [7, 11) is 1.49. The number of hydrogen-bond donors (Lipinski definition) is 2. The zero-order valence-corrected chi connectivity index (χ0v) is 22.4. The maximum Gasteiger partial charge on any atom is 0.262 e. The first-order chi connectivity index (χ1) is 17.3. The summed E-state index contributed by atoms with van der Waals surface area (Å²) in [5, 5.41) is 15.1. The molecular formula is C28H26IN3O4. The molecule has 0 radical (unpaired) electrons. The topological polar surface area (TPSA) is 100 Å². The number of anilines is 1. The van der Waals surface area contributed by atoms with Gasteiger partial charge in [-0.3, -0.25) is 9.59 Å². The summed E-state index contributed by atoms with van der Waals surface area (Å²) in [6, 6.07) is 20.6. The Balaban J connectivity index is 1.70. The first kappa shape index (κ1) is 26.8. The van der Waals surface area contributed by atoms with Crippen LogP contribution in [0.1, 0.15) is 22.3 Å². The molecule has 0 aliphatic heterocycles. The van der Waals surface area contributed by atoms with E-state index in [0.29, 0.717) is 27.2 Å². The normalized spacial score (nSPS) is 10.8. The highest BCUT2D eigenvalue weighted by atomic mass is 127. The number of carbonyl (C=O) groups excluding carboxylic acids is 2. The van der Waals surface area contributed by atoms with Crippen molar-refractivity contribution in [3.8, 4) is 17.6 Å². The van der Waals surface area contributed by atoms with Crippen molar-refractivity contribution < 1.29 is 19.1 Å². The fraction of sp³-hybridized carbons (Fsp3) is 0.179. The standard InChI is InChI=1S/C28H26IN3O4/c1-18-9-10-19(2)24(11-18)32-26(33)17-36-27-23(29)13-21(14-25(27)35-3)12-22(15-30)28(34)31-16-20-7-5-4-6-8-20/h4-14H,16-17H2,1-3H3,(H,31,34)(H,32,33)/b22-12+. The number of hydrogen-bond acceptors (Lipinski definition) is 5. The first-order valence-electron chi connectivity index (χ1n) is 11.1. The molecular weight excluding hydrogens is 569 g/mol. The van der Waals surface area contributed by atoms with E-state index in [-0.39, 0.29) is 18.1 Å². The Bertz CT molecular complexity index is 1330. The number of amides is 2. The maximum atomic E-state index is 12.5. The molecule has 0 atom stereocenters. The van der Waals surface area contributed by atoms with E-state index >= 15 is 0 Å². The number of methoxy groups -OCH3 is 1. The van der Waals surface area contributed by atoms with E-state index in [1.54, 1.807) is 12.1 Å². The first-order valence-corrected chi connectivity index (χ1v) is 12.2. The van der Waals surface area contributed by atoms with Gasteiger partial charge in [-0.2, -0.15) is 5.26 Å². The van der Waals surface area contributed by atoms with Gasteiger partial charge >= 0.3 is 0 Å². The molecule has 2 amide bonds. The number of nitriles is 1. The van der Waals surface area contributed by atoms with Gasteiger partial charge in [-0.1, -0.05) is 42.5 Å². The van der Waals surface area contributed by atoms with Crippen LogP contribution in [0.5, 0.6) is 11.5 Å². The van der Waals surface area contributed by atoms with Crippen LogP contribution in [0.25, 0.3) is 6.08 Å². The summed E-state index contributed by atoms with van der Waals surface area (Å²) in [4.78, 5) is 25.0. The Morgan fingerprint density at radius 1 is 1.08 bits per heavy atom. The number of halogens is 1. The molecule has 0 unspecified atom stereocenters. The molecule has 0 fully saturated rings. The molecule has 0 heterocycles. The molecule has 0 aliphatic carbocycles. The number of ether oxygens (including phenoxy) is 2. The largest absolute Gasteiger partial charge is 0.493 e. The van der Waals surface area contributed by atoms with Crippen LogP contribution < -0.4 is 20.1 Å². The maximum absolute atomic E-state index is 12.5. The van der Waals surface area contributed by atoms with Gasteiger partial charge in [0.05, 0.1) is 10.7 Å². The van der Waals surface area contributed by atoms with Crippen molar-refractivity contribution in [2.24, 2.45) is 0 Å². The van der Waals surface area contributed by atoms with Crippen molar-refractivity contribution in [1.29, 1.82) is 5.26 Å². The van der Waals surface area contributed by atoms with Crippen molar-refractivity contribution in [3.63, 3.8) is 0 Å². The fourth-order valence-corrected chi connectivity index (χ4v) is 4.13. The van der Waals surface area contributed by atoms with E-state index in [4.69, 9.17) is 9.47 Å². The van der Waals surface area contributed by atoms with E-state index in [2.05, 4.69) is 33.2 Å². The van der Waals surface area contributed by atoms with Gasteiger partial charge in [-0.05, 0) is 83.0 Å².